The molecule has 1 aromatic carbocycles. The first-order valence-corrected chi connectivity index (χ1v) is 7.63. The van der Waals surface area contributed by atoms with Gasteiger partial charge in [-0.2, -0.15) is 0 Å². The average Bonchev–Trinajstić information content (AvgIpc) is 3.00. The summed E-state index contributed by atoms with van der Waals surface area (Å²) < 4.78 is 0. The quantitative estimate of drug-likeness (QED) is 0.837. The topological polar surface area (TPSA) is 20.3 Å². The lowest BCUT2D eigenvalue weighted by molar-refractivity contribution is 0.0751. The van der Waals surface area contributed by atoms with Crippen LogP contribution in [0.3, 0.4) is 0 Å². The second kappa shape index (κ2) is 5.20. The monoisotopic (exact) mass is 275 g/mol. The minimum Gasteiger partial charge on any atom is -0.341 e. The van der Waals surface area contributed by atoms with Crippen molar-refractivity contribution < 1.29 is 4.79 Å². The van der Waals surface area contributed by atoms with Crippen LogP contribution in [0.1, 0.15) is 36.0 Å². The standard InChI is InChI=1S/C16H21NOS/c1-17(10-13-9-11-6-7-12(13)8-11)16(18)14-4-2-3-5-15(14)19/h2-5,11-13,19H,6-10H2,1H3. The van der Waals surface area contributed by atoms with Gasteiger partial charge in [-0.1, -0.05) is 18.6 Å². The van der Waals surface area contributed by atoms with Crippen molar-refractivity contribution in [1.29, 1.82) is 0 Å². The van der Waals surface area contributed by atoms with E-state index in [0.29, 0.717) is 0 Å². The van der Waals surface area contributed by atoms with Gasteiger partial charge in [0, 0.05) is 18.5 Å². The number of fused-ring (bicyclic) bond motifs is 2. The second-order valence-corrected chi connectivity index (χ2v) is 6.62. The van der Waals surface area contributed by atoms with Crippen LogP contribution in [-0.2, 0) is 0 Å². The molecule has 0 aromatic heterocycles. The first-order valence-electron chi connectivity index (χ1n) is 7.18. The molecule has 102 valence electrons. The van der Waals surface area contributed by atoms with E-state index in [9.17, 15) is 4.79 Å². The van der Waals surface area contributed by atoms with Gasteiger partial charge in [-0.05, 0) is 49.1 Å². The number of nitrogens with zero attached hydrogens (tertiary/aromatic N) is 1. The van der Waals surface area contributed by atoms with Crippen molar-refractivity contribution in [2.45, 2.75) is 30.6 Å². The van der Waals surface area contributed by atoms with Gasteiger partial charge >= 0.3 is 0 Å². The lowest BCUT2D eigenvalue weighted by Gasteiger charge is -2.27. The van der Waals surface area contributed by atoms with Gasteiger partial charge < -0.3 is 4.90 Å². The number of hydrogen-bond donors (Lipinski definition) is 1. The van der Waals surface area contributed by atoms with E-state index in [1.165, 1.54) is 25.7 Å². The first-order chi connectivity index (χ1) is 9.15. The summed E-state index contributed by atoms with van der Waals surface area (Å²) in [5, 5.41) is 0. The number of benzene rings is 1. The molecule has 19 heavy (non-hydrogen) atoms. The first kappa shape index (κ1) is 13.0. The maximum absolute atomic E-state index is 12.4. The minimum absolute atomic E-state index is 0.105. The zero-order chi connectivity index (χ0) is 13.4. The third-order valence-electron chi connectivity index (χ3n) is 4.87. The summed E-state index contributed by atoms with van der Waals surface area (Å²) >= 11 is 4.38. The summed E-state index contributed by atoms with van der Waals surface area (Å²) in [5.41, 5.74) is 0.719. The average molecular weight is 275 g/mol. The number of amides is 1. The maximum Gasteiger partial charge on any atom is 0.254 e. The van der Waals surface area contributed by atoms with E-state index in [4.69, 9.17) is 0 Å². The molecule has 3 heteroatoms. The van der Waals surface area contributed by atoms with E-state index in [1.807, 2.05) is 36.2 Å². The number of carbonyl (C=O) groups excluding carboxylic acids is 1. The maximum atomic E-state index is 12.4. The highest BCUT2D eigenvalue weighted by Gasteiger charge is 2.40. The Balaban J connectivity index is 1.66. The summed E-state index contributed by atoms with van der Waals surface area (Å²) in [6, 6.07) is 7.55. The van der Waals surface area contributed by atoms with Crippen LogP contribution in [0.2, 0.25) is 0 Å². The molecule has 0 aliphatic heterocycles. The Morgan fingerprint density at radius 3 is 2.74 bits per heavy atom. The number of hydrogen-bond acceptors (Lipinski definition) is 2. The van der Waals surface area contributed by atoms with Crippen molar-refractivity contribution in [3.63, 3.8) is 0 Å². The van der Waals surface area contributed by atoms with Crippen LogP contribution in [0, 0.1) is 17.8 Å². The van der Waals surface area contributed by atoms with Crippen LogP contribution < -0.4 is 0 Å². The lowest BCUT2D eigenvalue weighted by Crippen LogP contribution is -2.33. The molecule has 3 rings (SSSR count). The van der Waals surface area contributed by atoms with Crippen molar-refractivity contribution in [3.8, 4) is 0 Å². The van der Waals surface area contributed by atoms with Gasteiger partial charge in [0.05, 0.1) is 5.56 Å². The Labute approximate surface area is 120 Å². The van der Waals surface area contributed by atoms with E-state index in [2.05, 4.69) is 12.6 Å². The number of carbonyl (C=O) groups is 1. The molecular formula is C16H21NOS. The van der Waals surface area contributed by atoms with Crippen LogP contribution >= 0.6 is 12.6 Å². The van der Waals surface area contributed by atoms with Crippen LogP contribution in [0.5, 0.6) is 0 Å². The van der Waals surface area contributed by atoms with E-state index >= 15 is 0 Å². The van der Waals surface area contributed by atoms with Crippen molar-refractivity contribution in [3.05, 3.63) is 29.8 Å². The summed E-state index contributed by atoms with van der Waals surface area (Å²) in [6.45, 7) is 0.905. The molecule has 2 fully saturated rings. The highest BCUT2D eigenvalue weighted by atomic mass is 32.1. The van der Waals surface area contributed by atoms with Gasteiger partial charge in [0.25, 0.3) is 5.91 Å². The van der Waals surface area contributed by atoms with Crippen LogP contribution in [0.4, 0.5) is 0 Å². The lowest BCUT2D eigenvalue weighted by atomic mass is 9.88. The molecule has 2 bridgehead atoms. The second-order valence-electron chi connectivity index (χ2n) is 6.14. The highest BCUT2D eigenvalue weighted by Crippen LogP contribution is 2.48. The predicted molar refractivity (Wildman–Crippen MR) is 79.6 cm³/mol. The molecular weight excluding hydrogens is 254 g/mol. The van der Waals surface area contributed by atoms with Crippen molar-refractivity contribution in [2.75, 3.05) is 13.6 Å². The Bertz CT molecular complexity index is 487. The van der Waals surface area contributed by atoms with Crippen LogP contribution in [0.25, 0.3) is 0 Å². The third kappa shape index (κ3) is 2.53. The van der Waals surface area contributed by atoms with Gasteiger partial charge in [-0.3, -0.25) is 4.79 Å². The normalized spacial score (nSPS) is 28.6. The summed E-state index contributed by atoms with van der Waals surface area (Å²) in [6.07, 6.45) is 5.51. The Morgan fingerprint density at radius 2 is 2.11 bits per heavy atom. The van der Waals surface area contributed by atoms with Crippen molar-refractivity contribution in [2.24, 2.45) is 17.8 Å². The van der Waals surface area contributed by atoms with Gasteiger partial charge in [0.15, 0.2) is 0 Å². The van der Waals surface area contributed by atoms with E-state index in [0.717, 1.165) is 34.8 Å². The minimum atomic E-state index is 0.105. The van der Waals surface area contributed by atoms with Crippen molar-refractivity contribution >= 4 is 18.5 Å². The smallest absolute Gasteiger partial charge is 0.254 e. The summed E-state index contributed by atoms with van der Waals surface area (Å²) in [7, 11) is 1.93. The predicted octanol–water partition coefficient (Wildman–Crippen LogP) is 3.48. The van der Waals surface area contributed by atoms with Crippen LogP contribution in [0.15, 0.2) is 29.2 Å². The number of rotatable bonds is 3. The Morgan fingerprint density at radius 1 is 1.32 bits per heavy atom. The molecule has 1 amide bonds. The van der Waals surface area contributed by atoms with Gasteiger partial charge in [-0.25, -0.2) is 0 Å². The third-order valence-corrected chi connectivity index (χ3v) is 5.26. The molecule has 2 saturated carbocycles. The number of thiol groups is 1. The zero-order valence-corrected chi connectivity index (χ0v) is 12.3. The SMILES string of the molecule is CN(CC1CC2CCC1C2)C(=O)c1ccccc1S. The molecule has 0 radical (unpaired) electrons. The summed E-state index contributed by atoms with van der Waals surface area (Å²) in [4.78, 5) is 15.1. The van der Waals surface area contributed by atoms with E-state index < -0.39 is 0 Å². The molecule has 3 unspecified atom stereocenters. The molecule has 0 spiro atoms. The molecule has 2 aliphatic carbocycles. The van der Waals surface area contributed by atoms with Gasteiger partial charge in [0.2, 0.25) is 0 Å². The van der Waals surface area contributed by atoms with Gasteiger partial charge in [-0.15, -0.1) is 12.6 Å². The fraction of sp³-hybridized carbons (Fsp3) is 0.562. The Hall–Kier alpha value is -0.960. The highest BCUT2D eigenvalue weighted by molar-refractivity contribution is 7.80. The fourth-order valence-corrected chi connectivity index (χ4v) is 4.15. The van der Waals surface area contributed by atoms with Gasteiger partial charge in [0.1, 0.15) is 0 Å². The van der Waals surface area contributed by atoms with E-state index in [1.54, 1.807) is 0 Å². The summed E-state index contributed by atoms with van der Waals surface area (Å²) in [5.74, 6) is 2.63. The molecule has 0 N–H and O–H groups in total. The zero-order valence-electron chi connectivity index (χ0n) is 11.4. The molecule has 2 aliphatic rings. The molecule has 3 atom stereocenters. The van der Waals surface area contributed by atoms with Crippen molar-refractivity contribution in [1.82, 2.24) is 4.90 Å². The molecule has 0 saturated heterocycles. The molecule has 2 nitrogen and oxygen atoms in total. The molecule has 1 aromatic rings. The largest absolute Gasteiger partial charge is 0.341 e. The Kier molecular flexibility index (Phi) is 3.57. The van der Waals surface area contributed by atoms with E-state index in [-0.39, 0.29) is 5.91 Å². The molecule has 0 heterocycles. The van der Waals surface area contributed by atoms with Crippen LogP contribution in [-0.4, -0.2) is 24.4 Å². The fourth-order valence-electron chi connectivity index (χ4n) is 3.89.